The van der Waals surface area contributed by atoms with Crippen molar-refractivity contribution in [2.24, 2.45) is 0 Å². The van der Waals surface area contributed by atoms with E-state index < -0.39 is 0 Å². The summed E-state index contributed by atoms with van der Waals surface area (Å²) in [5.41, 5.74) is 2.05. The topological polar surface area (TPSA) is 44.2 Å². The Bertz CT molecular complexity index is 738. The van der Waals surface area contributed by atoms with Gasteiger partial charge in [-0.1, -0.05) is 24.3 Å². The molecule has 21 heavy (non-hydrogen) atoms. The van der Waals surface area contributed by atoms with Gasteiger partial charge in [0, 0.05) is 0 Å². The Morgan fingerprint density at radius 1 is 0.905 bits per heavy atom. The van der Waals surface area contributed by atoms with Gasteiger partial charge in [0.15, 0.2) is 0 Å². The van der Waals surface area contributed by atoms with Crippen LogP contribution < -0.4 is 9.47 Å². The molecule has 1 aromatic heterocycles. The molecule has 0 fully saturated rings. The molecule has 0 aliphatic carbocycles. The van der Waals surface area contributed by atoms with Crippen molar-refractivity contribution in [1.82, 2.24) is 9.97 Å². The molecule has 0 saturated carbocycles. The van der Waals surface area contributed by atoms with Gasteiger partial charge in [-0.05, 0) is 36.8 Å². The smallest absolute Gasteiger partial charge is 0.224 e. The molecule has 1 heterocycles. The monoisotopic (exact) mass is 280 g/mol. The summed E-state index contributed by atoms with van der Waals surface area (Å²) in [4.78, 5) is 8.38. The Kier molecular flexibility index (Phi) is 3.96. The van der Waals surface area contributed by atoms with E-state index in [1.165, 1.54) is 11.9 Å². The number of ether oxygens (including phenoxy) is 2. The number of aromatic nitrogens is 2. The minimum Gasteiger partial charge on any atom is -0.490 e. The predicted molar refractivity (Wildman–Crippen MR) is 81.7 cm³/mol. The van der Waals surface area contributed by atoms with Crippen LogP contribution in [-0.4, -0.2) is 23.2 Å². The SMILES string of the molecule is Cc1cccc(OCCOc2ncnc3ccccc23)c1. The van der Waals surface area contributed by atoms with E-state index in [1.54, 1.807) is 0 Å². The van der Waals surface area contributed by atoms with E-state index in [-0.39, 0.29) is 0 Å². The van der Waals surface area contributed by atoms with Crippen molar-refractivity contribution in [2.75, 3.05) is 13.2 Å². The largest absolute Gasteiger partial charge is 0.490 e. The van der Waals surface area contributed by atoms with Crippen molar-refractivity contribution in [2.45, 2.75) is 6.92 Å². The van der Waals surface area contributed by atoms with Crippen molar-refractivity contribution >= 4 is 10.9 Å². The number of fused-ring (bicyclic) bond motifs is 1. The number of benzene rings is 2. The lowest BCUT2D eigenvalue weighted by Gasteiger charge is -2.09. The summed E-state index contributed by atoms with van der Waals surface area (Å²) in [6.45, 7) is 2.95. The third kappa shape index (κ3) is 3.28. The van der Waals surface area contributed by atoms with Crippen molar-refractivity contribution in [3.05, 3.63) is 60.4 Å². The molecular formula is C17H16N2O2. The first kappa shape index (κ1) is 13.4. The van der Waals surface area contributed by atoms with E-state index in [9.17, 15) is 0 Å². The Labute approximate surface area is 123 Å². The van der Waals surface area contributed by atoms with Crippen LogP contribution in [0.4, 0.5) is 0 Å². The average Bonchev–Trinajstić information content (AvgIpc) is 2.52. The predicted octanol–water partition coefficient (Wildman–Crippen LogP) is 3.40. The molecule has 0 saturated heterocycles. The van der Waals surface area contributed by atoms with Crippen LogP contribution in [0.3, 0.4) is 0 Å². The summed E-state index contributed by atoms with van der Waals surface area (Å²) < 4.78 is 11.3. The zero-order valence-corrected chi connectivity index (χ0v) is 11.8. The van der Waals surface area contributed by atoms with Gasteiger partial charge < -0.3 is 9.47 Å². The van der Waals surface area contributed by atoms with Crippen LogP contribution in [-0.2, 0) is 0 Å². The molecule has 0 aliphatic heterocycles. The second kappa shape index (κ2) is 6.22. The van der Waals surface area contributed by atoms with E-state index >= 15 is 0 Å². The summed E-state index contributed by atoms with van der Waals surface area (Å²) in [7, 11) is 0. The number of hydrogen-bond acceptors (Lipinski definition) is 4. The highest BCUT2D eigenvalue weighted by atomic mass is 16.5. The van der Waals surface area contributed by atoms with Gasteiger partial charge in [0.05, 0.1) is 10.9 Å². The third-order valence-corrected chi connectivity index (χ3v) is 3.09. The van der Waals surface area contributed by atoms with Crippen molar-refractivity contribution in [1.29, 1.82) is 0 Å². The van der Waals surface area contributed by atoms with Crippen LogP contribution in [0.15, 0.2) is 54.9 Å². The molecule has 0 N–H and O–H groups in total. The molecule has 2 aromatic carbocycles. The van der Waals surface area contributed by atoms with Crippen LogP contribution >= 0.6 is 0 Å². The Balaban J connectivity index is 1.60. The van der Waals surface area contributed by atoms with Crippen molar-refractivity contribution < 1.29 is 9.47 Å². The van der Waals surface area contributed by atoms with Gasteiger partial charge in [-0.2, -0.15) is 0 Å². The van der Waals surface area contributed by atoms with Crippen LogP contribution in [0.1, 0.15) is 5.56 Å². The van der Waals surface area contributed by atoms with Gasteiger partial charge in [-0.15, -0.1) is 0 Å². The minimum atomic E-state index is 0.439. The Morgan fingerprint density at radius 3 is 2.67 bits per heavy atom. The van der Waals surface area contributed by atoms with E-state index in [0.29, 0.717) is 19.1 Å². The van der Waals surface area contributed by atoms with Crippen molar-refractivity contribution in [3.63, 3.8) is 0 Å². The maximum Gasteiger partial charge on any atom is 0.224 e. The fraction of sp³-hybridized carbons (Fsp3) is 0.176. The van der Waals surface area contributed by atoms with Gasteiger partial charge in [0.1, 0.15) is 25.3 Å². The van der Waals surface area contributed by atoms with E-state index in [0.717, 1.165) is 16.7 Å². The van der Waals surface area contributed by atoms with Gasteiger partial charge in [-0.25, -0.2) is 9.97 Å². The highest BCUT2D eigenvalue weighted by Gasteiger charge is 2.03. The average molecular weight is 280 g/mol. The van der Waals surface area contributed by atoms with Gasteiger partial charge >= 0.3 is 0 Å². The first-order valence-electron chi connectivity index (χ1n) is 6.85. The van der Waals surface area contributed by atoms with Crippen LogP contribution in [0.25, 0.3) is 10.9 Å². The molecule has 3 aromatic rings. The van der Waals surface area contributed by atoms with Crippen LogP contribution in [0.5, 0.6) is 11.6 Å². The standard InChI is InChI=1S/C17H16N2O2/c1-13-5-4-6-14(11-13)20-9-10-21-17-15-7-2-3-8-16(15)18-12-19-17/h2-8,11-12H,9-10H2,1H3. The van der Waals surface area contributed by atoms with Crippen LogP contribution in [0.2, 0.25) is 0 Å². The summed E-state index contributed by atoms with van der Waals surface area (Å²) in [5, 5.41) is 0.913. The molecular weight excluding hydrogens is 264 g/mol. The summed E-state index contributed by atoms with van der Waals surface area (Å²) in [6.07, 6.45) is 1.51. The molecule has 4 nitrogen and oxygen atoms in total. The van der Waals surface area contributed by atoms with Gasteiger partial charge in [0.2, 0.25) is 5.88 Å². The fourth-order valence-corrected chi connectivity index (χ4v) is 2.10. The number of nitrogens with zero attached hydrogens (tertiary/aromatic N) is 2. The Morgan fingerprint density at radius 2 is 1.76 bits per heavy atom. The summed E-state index contributed by atoms with van der Waals surface area (Å²) >= 11 is 0. The molecule has 0 atom stereocenters. The molecule has 0 radical (unpaired) electrons. The van der Waals surface area contributed by atoms with Gasteiger partial charge in [-0.3, -0.25) is 0 Å². The first-order chi connectivity index (χ1) is 10.3. The number of hydrogen-bond donors (Lipinski definition) is 0. The molecule has 0 aliphatic rings. The molecule has 106 valence electrons. The lowest BCUT2D eigenvalue weighted by Crippen LogP contribution is -2.10. The molecule has 0 amide bonds. The van der Waals surface area contributed by atoms with Gasteiger partial charge in [0.25, 0.3) is 0 Å². The van der Waals surface area contributed by atoms with Crippen LogP contribution in [0, 0.1) is 6.92 Å². The fourth-order valence-electron chi connectivity index (χ4n) is 2.10. The maximum atomic E-state index is 5.70. The molecule has 3 rings (SSSR count). The minimum absolute atomic E-state index is 0.439. The molecule has 4 heteroatoms. The third-order valence-electron chi connectivity index (χ3n) is 3.09. The number of aryl methyl sites for hydroxylation is 1. The second-order valence-electron chi connectivity index (χ2n) is 4.71. The maximum absolute atomic E-state index is 5.70. The number of rotatable bonds is 5. The highest BCUT2D eigenvalue weighted by Crippen LogP contribution is 2.20. The lowest BCUT2D eigenvalue weighted by atomic mass is 10.2. The first-order valence-corrected chi connectivity index (χ1v) is 6.85. The van der Waals surface area contributed by atoms with E-state index in [1.807, 2.05) is 55.5 Å². The van der Waals surface area contributed by atoms with E-state index in [4.69, 9.17) is 9.47 Å². The molecule has 0 unspecified atom stereocenters. The zero-order valence-electron chi connectivity index (χ0n) is 11.8. The normalized spacial score (nSPS) is 10.5. The van der Waals surface area contributed by atoms with E-state index in [2.05, 4.69) is 9.97 Å². The summed E-state index contributed by atoms with van der Waals surface area (Å²) in [5.74, 6) is 1.44. The second-order valence-corrected chi connectivity index (χ2v) is 4.71. The Hall–Kier alpha value is -2.62. The molecule has 0 spiro atoms. The molecule has 0 bridgehead atoms. The summed E-state index contributed by atoms with van der Waals surface area (Å²) in [6, 6.07) is 15.7. The zero-order chi connectivity index (χ0) is 14.5. The van der Waals surface area contributed by atoms with Crippen molar-refractivity contribution in [3.8, 4) is 11.6 Å². The lowest BCUT2D eigenvalue weighted by molar-refractivity contribution is 0.213. The quantitative estimate of drug-likeness (QED) is 0.672. The highest BCUT2D eigenvalue weighted by molar-refractivity contribution is 5.82. The number of para-hydroxylation sites is 1.